The van der Waals surface area contributed by atoms with Crippen molar-refractivity contribution in [2.45, 2.75) is 5.92 Å². The summed E-state index contributed by atoms with van der Waals surface area (Å²) in [5.41, 5.74) is 13.9. The number of aldehydes is 1. The summed E-state index contributed by atoms with van der Waals surface area (Å²) in [5.74, 6) is -1.08. The van der Waals surface area contributed by atoms with Crippen LogP contribution in [0.25, 0.3) is 0 Å². The molecular formula is C19H16ClN3O2. The first kappa shape index (κ1) is 16.8. The number of carbonyl (C=O) groups excluding carboxylic acids is 2. The molecule has 1 aliphatic heterocycles. The lowest BCUT2D eigenvalue weighted by Crippen LogP contribution is -2.36. The number of primary amides is 1. The number of nitrogens with zero attached hydrogens (tertiary/aromatic N) is 1. The Kier molecular flexibility index (Phi) is 4.59. The van der Waals surface area contributed by atoms with Gasteiger partial charge in [-0.05, 0) is 29.8 Å². The zero-order chi connectivity index (χ0) is 18.0. The summed E-state index contributed by atoms with van der Waals surface area (Å²) in [5, 5.41) is 0.570. The molecule has 0 fully saturated rings. The minimum atomic E-state index is -0.669. The highest BCUT2D eigenvalue weighted by molar-refractivity contribution is 6.30. The van der Waals surface area contributed by atoms with Gasteiger partial charge in [-0.2, -0.15) is 0 Å². The molecule has 4 N–H and O–H groups in total. The summed E-state index contributed by atoms with van der Waals surface area (Å²) in [7, 11) is 0. The number of anilines is 1. The lowest BCUT2D eigenvalue weighted by atomic mass is 9.83. The fourth-order valence-corrected chi connectivity index (χ4v) is 3.05. The maximum absolute atomic E-state index is 12.1. The summed E-state index contributed by atoms with van der Waals surface area (Å²) in [6, 6.07) is 16.1. The zero-order valence-electron chi connectivity index (χ0n) is 13.2. The quantitative estimate of drug-likeness (QED) is 0.827. The van der Waals surface area contributed by atoms with Crippen molar-refractivity contribution in [1.82, 2.24) is 0 Å². The molecule has 0 aliphatic carbocycles. The Morgan fingerprint density at radius 1 is 1.08 bits per heavy atom. The minimum absolute atomic E-state index is 0.186. The average Bonchev–Trinajstić information content (AvgIpc) is 2.62. The molecule has 2 aromatic carbocycles. The second-order valence-electron chi connectivity index (χ2n) is 5.60. The van der Waals surface area contributed by atoms with Crippen molar-refractivity contribution in [2.75, 3.05) is 4.90 Å². The molecule has 1 heterocycles. The van der Waals surface area contributed by atoms with E-state index in [2.05, 4.69) is 0 Å². The lowest BCUT2D eigenvalue weighted by Gasteiger charge is -2.32. The second-order valence-corrected chi connectivity index (χ2v) is 6.04. The van der Waals surface area contributed by atoms with Crippen LogP contribution in [0.2, 0.25) is 5.02 Å². The smallest absolute Gasteiger partial charge is 0.249 e. The summed E-state index contributed by atoms with van der Waals surface area (Å²) in [6.45, 7) is 0. The zero-order valence-corrected chi connectivity index (χ0v) is 14.0. The average molecular weight is 354 g/mol. The molecule has 1 amide bonds. The largest absolute Gasteiger partial charge is 0.384 e. The highest BCUT2D eigenvalue weighted by Gasteiger charge is 2.33. The highest BCUT2D eigenvalue weighted by atomic mass is 35.5. The number of hydrogen-bond acceptors (Lipinski definition) is 4. The second kappa shape index (κ2) is 6.83. The molecule has 1 unspecified atom stereocenters. The number of rotatable bonds is 4. The molecule has 0 saturated carbocycles. The molecule has 0 radical (unpaired) electrons. The van der Waals surface area contributed by atoms with Crippen LogP contribution < -0.4 is 16.4 Å². The molecule has 1 atom stereocenters. The molecule has 126 valence electrons. The number of nitrogens with two attached hydrogens (primary N) is 2. The van der Waals surface area contributed by atoms with Gasteiger partial charge in [-0.15, -0.1) is 0 Å². The predicted octanol–water partition coefficient (Wildman–Crippen LogP) is 2.68. The molecule has 0 aromatic heterocycles. The Morgan fingerprint density at radius 2 is 1.72 bits per heavy atom. The first-order valence-electron chi connectivity index (χ1n) is 7.59. The van der Waals surface area contributed by atoms with E-state index in [0.29, 0.717) is 16.3 Å². The van der Waals surface area contributed by atoms with Gasteiger partial charge >= 0.3 is 0 Å². The summed E-state index contributed by atoms with van der Waals surface area (Å²) >= 11 is 5.92. The Balaban J connectivity index is 2.17. The Labute approximate surface area is 150 Å². The third kappa shape index (κ3) is 3.14. The molecule has 1 aliphatic rings. The van der Waals surface area contributed by atoms with Crippen LogP contribution in [-0.4, -0.2) is 12.2 Å². The van der Waals surface area contributed by atoms with E-state index in [4.69, 9.17) is 23.1 Å². The first-order valence-corrected chi connectivity index (χ1v) is 7.96. The maximum atomic E-state index is 12.1. The van der Waals surface area contributed by atoms with Gasteiger partial charge in [0.05, 0.1) is 5.57 Å². The van der Waals surface area contributed by atoms with Crippen LogP contribution >= 0.6 is 11.6 Å². The predicted molar refractivity (Wildman–Crippen MR) is 97.7 cm³/mol. The fraction of sp³-hybridized carbons (Fsp3) is 0.0526. The lowest BCUT2D eigenvalue weighted by molar-refractivity contribution is -0.114. The van der Waals surface area contributed by atoms with E-state index < -0.39 is 11.8 Å². The number of carbonyl (C=O) groups is 2. The Hall–Kier alpha value is -3.05. The van der Waals surface area contributed by atoms with Crippen molar-refractivity contribution < 1.29 is 9.59 Å². The molecule has 6 heteroatoms. The van der Waals surface area contributed by atoms with Crippen LogP contribution in [0.4, 0.5) is 5.69 Å². The van der Waals surface area contributed by atoms with Crippen molar-refractivity contribution in [3.63, 3.8) is 0 Å². The molecule has 0 bridgehead atoms. The van der Waals surface area contributed by atoms with E-state index >= 15 is 0 Å². The normalized spacial score (nSPS) is 17.2. The van der Waals surface area contributed by atoms with E-state index in [1.54, 1.807) is 35.4 Å². The van der Waals surface area contributed by atoms with E-state index in [9.17, 15) is 9.59 Å². The molecule has 3 rings (SSSR count). The molecular weight excluding hydrogens is 338 g/mol. The van der Waals surface area contributed by atoms with Crippen LogP contribution in [0.1, 0.15) is 11.5 Å². The third-order valence-electron chi connectivity index (χ3n) is 4.07. The van der Waals surface area contributed by atoms with E-state index in [-0.39, 0.29) is 11.4 Å². The molecule has 2 aromatic rings. The van der Waals surface area contributed by atoms with Crippen LogP contribution in [0, 0.1) is 0 Å². The standard InChI is InChI=1S/C19H16ClN3O2/c20-14-6-8-15(9-7-14)23-10-13(11-24)16(12-4-2-1-3-5-12)17(18(23)21)19(22)25/h1-11,16H,21H2,(H2,22,25). The van der Waals surface area contributed by atoms with Crippen LogP contribution in [0.5, 0.6) is 0 Å². The highest BCUT2D eigenvalue weighted by Crippen LogP contribution is 2.38. The first-order chi connectivity index (χ1) is 12.0. The number of amides is 1. The van der Waals surface area contributed by atoms with Gasteiger partial charge in [0.1, 0.15) is 12.1 Å². The van der Waals surface area contributed by atoms with E-state index in [1.807, 2.05) is 30.3 Å². The van der Waals surface area contributed by atoms with Crippen molar-refractivity contribution in [2.24, 2.45) is 11.5 Å². The molecule has 25 heavy (non-hydrogen) atoms. The van der Waals surface area contributed by atoms with Gasteiger partial charge in [0.15, 0.2) is 0 Å². The Bertz CT molecular complexity index is 873. The van der Waals surface area contributed by atoms with E-state index in [0.717, 1.165) is 11.8 Å². The van der Waals surface area contributed by atoms with Crippen molar-refractivity contribution in [1.29, 1.82) is 0 Å². The summed E-state index contributed by atoms with van der Waals surface area (Å²) in [4.78, 5) is 25.4. The van der Waals surface area contributed by atoms with Gasteiger partial charge < -0.3 is 16.4 Å². The number of hydrogen-bond donors (Lipinski definition) is 2. The van der Waals surface area contributed by atoms with Gasteiger partial charge in [-0.25, -0.2) is 0 Å². The van der Waals surface area contributed by atoms with Crippen molar-refractivity contribution in [3.8, 4) is 0 Å². The van der Waals surface area contributed by atoms with Crippen LogP contribution in [0.15, 0.2) is 77.8 Å². The van der Waals surface area contributed by atoms with Gasteiger partial charge in [0, 0.05) is 28.4 Å². The third-order valence-corrected chi connectivity index (χ3v) is 4.33. The SMILES string of the molecule is NC(=O)C1=C(N)N(c2ccc(Cl)cc2)C=C(C=O)C1c1ccccc1. The number of halogens is 1. The Morgan fingerprint density at radius 3 is 2.28 bits per heavy atom. The monoisotopic (exact) mass is 353 g/mol. The van der Waals surface area contributed by atoms with Gasteiger partial charge in [-0.3, -0.25) is 9.59 Å². The van der Waals surface area contributed by atoms with Crippen LogP contribution in [0.3, 0.4) is 0 Å². The van der Waals surface area contributed by atoms with Crippen molar-refractivity contribution >= 4 is 29.5 Å². The van der Waals surface area contributed by atoms with Crippen molar-refractivity contribution in [3.05, 3.63) is 88.4 Å². The fourth-order valence-electron chi connectivity index (χ4n) is 2.92. The summed E-state index contributed by atoms with van der Waals surface area (Å²) in [6.07, 6.45) is 2.34. The molecule has 5 nitrogen and oxygen atoms in total. The van der Waals surface area contributed by atoms with Gasteiger partial charge in [-0.1, -0.05) is 41.9 Å². The van der Waals surface area contributed by atoms with Gasteiger partial charge in [0.2, 0.25) is 5.91 Å². The number of benzene rings is 2. The van der Waals surface area contributed by atoms with E-state index in [1.165, 1.54) is 0 Å². The molecule has 0 spiro atoms. The maximum Gasteiger partial charge on any atom is 0.249 e. The number of allylic oxidation sites excluding steroid dienone is 1. The van der Waals surface area contributed by atoms with Crippen LogP contribution in [-0.2, 0) is 9.59 Å². The topological polar surface area (TPSA) is 89.4 Å². The summed E-state index contributed by atoms with van der Waals surface area (Å²) < 4.78 is 0. The molecule has 0 saturated heterocycles. The van der Waals surface area contributed by atoms with Gasteiger partial charge in [0.25, 0.3) is 0 Å². The minimum Gasteiger partial charge on any atom is -0.384 e.